The summed E-state index contributed by atoms with van der Waals surface area (Å²) in [6.07, 6.45) is -5.43. The second kappa shape index (κ2) is 10.8. The van der Waals surface area contributed by atoms with E-state index in [4.69, 9.17) is 25.3 Å². The van der Waals surface area contributed by atoms with Gasteiger partial charge in [0.25, 0.3) is 5.56 Å². The molecule has 0 saturated carbocycles. The van der Waals surface area contributed by atoms with Crippen LogP contribution in [0.15, 0.2) is 23.8 Å². The van der Waals surface area contributed by atoms with Crippen molar-refractivity contribution in [1.82, 2.24) is 39.0 Å². The minimum absolute atomic E-state index is 0.119. The molecule has 0 bridgehead atoms. The third-order valence-corrected chi connectivity index (χ3v) is 9.25. The number of H-pyrrole nitrogens is 1. The van der Waals surface area contributed by atoms with Crippen molar-refractivity contribution < 1.29 is 32.2 Å². The number of nitrogens with one attached hydrogen (secondary N) is 1. The van der Waals surface area contributed by atoms with Gasteiger partial charge in [-0.05, 0) is 18.8 Å². The second-order valence-corrected chi connectivity index (χ2v) is 13.2. The first kappa shape index (κ1) is 28.9. The molecular formula is C22H27F2N10O6PS. The Hall–Kier alpha value is -3.22. The first-order valence-electron chi connectivity index (χ1n) is 12.9. The minimum Gasteiger partial charge on any atom is -0.382 e. The van der Waals surface area contributed by atoms with E-state index in [9.17, 15) is 14.5 Å². The van der Waals surface area contributed by atoms with Gasteiger partial charge in [0, 0.05) is 5.92 Å². The van der Waals surface area contributed by atoms with Crippen LogP contribution in [0.4, 0.5) is 20.5 Å². The van der Waals surface area contributed by atoms with E-state index in [1.165, 1.54) is 17.2 Å². The average Bonchev–Trinajstić information content (AvgIpc) is 3.64. The molecule has 0 radical (unpaired) electrons. The molecule has 6 heterocycles. The van der Waals surface area contributed by atoms with Crippen molar-refractivity contribution in [3.8, 4) is 0 Å². The molecule has 6 N–H and O–H groups in total. The van der Waals surface area contributed by atoms with Crippen molar-refractivity contribution >= 4 is 53.1 Å². The number of alkyl halides is 2. The van der Waals surface area contributed by atoms with Crippen molar-refractivity contribution in [3.63, 3.8) is 0 Å². The summed E-state index contributed by atoms with van der Waals surface area (Å²) in [5.41, 5.74) is 11.0. The molecule has 6 rings (SSSR count). The number of imidazole rings is 2. The van der Waals surface area contributed by atoms with Crippen molar-refractivity contribution in [1.29, 1.82) is 0 Å². The number of aromatic amines is 1. The normalized spacial score (nSPS) is 33.4. The van der Waals surface area contributed by atoms with Crippen LogP contribution in [0.1, 0.15) is 32.2 Å². The molecule has 226 valence electrons. The van der Waals surface area contributed by atoms with Crippen molar-refractivity contribution in [2.24, 2.45) is 11.8 Å². The molecule has 2 saturated heterocycles. The molecule has 0 aromatic carbocycles. The van der Waals surface area contributed by atoms with Crippen molar-refractivity contribution in [2.75, 3.05) is 18.1 Å². The molecule has 42 heavy (non-hydrogen) atoms. The zero-order chi connectivity index (χ0) is 29.9. The minimum atomic E-state index is -4.38. The van der Waals surface area contributed by atoms with Crippen LogP contribution in [-0.4, -0.2) is 75.3 Å². The van der Waals surface area contributed by atoms with Gasteiger partial charge in [0.2, 0.25) is 5.95 Å². The second-order valence-electron chi connectivity index (χ2n) is 10.3. The molecule has 9 atom stereocenters. The molecular weight excluding hydrogens is 601 g/mol. The van der Waals surface area contributed by atoms with E-state index >= 15 is 8.78 Å². The Morgan fingerprint density at radius 2 is 1.90 bits per heavy atom. The number of halogens is 2. The number of nitrogen functional groups attached to an aromatic ring is 2. The Morgan fingerprint density at radius 1 is 1.14 bits per heavy atom. The van der Waals surface area contributed by atoms with E-state index in [-0.39, 0.29) is 46.9 Å². The number of thiol groups is 1. The Bertz CT molecular complexity index is 1740. The number of ether oxygens (including phenoxy) is 1. The van der Waals surface area contributed by atoms with Crippen LogP contribution in [-0.2, 0) is 18.3 Å². The van der Waals surface area contributed by atoms with Gasteiger partial charge in [-0.3, -0.25) is 28.0 Å². The van der Waals surface area contributed by atoms with Gasteiger partial charge in [-0.15, -0.1) is 0 Å². The van der Waals surface area contributed by atoms with Crippen molar-refractivity contribution in [3.05, 3.63) is 29.3 Å². The Labute approximate surface area is 240 Å². The number of anilines is 2. The lowest BCUT2D eigenvalue weighted by Gasteiger charge is -2.31. The molecule has 2 unspecified atom stereocenters. The van der Waals surface area contributed by atoms with Crippen LogP contribution in [0.3, 0.4) is 0 Å². The third kappa shape index (κ3) is 5.03. The highest BCUT2D eigenvalue weighted by Crippen LogP contribution is 2.57. The predicted octanol–water partition coefficient (Wildman–Crippen LogP) is 1.67. The molecule has 0 spiro atoms. The summed E-state index contributed by atoms with van der Waals surface area (Å²) in [5.74, 6) is -1.77. The molecule has 0 aliphatic carbocycles. The van der Waals surface area contributed by atoms with Crippen LogP contribution in [0, 0.1) is 11.8 Å². The van der Waals surface area contributed by atoms with Crippen LogP contribution in [0.2, 0.25) is 0 Å². The standard InChI is InChI=1S/C22H27F2N10O6PS/c1-8-2-3-9-10(39-21(12(9)24)34-7-29-13-16(25)27-5-28-17(13)34)4-38-41(37,42)40-15(11(8)23)20(36)33-6-30-14-18(33)31-22(26)32-19(14)35/h5-12,15,20-21,36H,2-4H2,1H3,(H,37,42)(H2,25,27,28)(H3,26,31,32,35)/t8?,9-,10-,11-,12+,15-,20-,21-,41?/m1/s1. The topological polar surface area (TPSA) is 224 Å². The zero-order valence-corrected chi connectivity index (χ0v) is 23.7. The monoisotopic (exact) mass is 628 g/mol. The number of nitrogens with zero attached hydrogens (tertiary/aromatic N) is 7. The van der Waals surface area contributed by atoms with Gasteiger partial charge in [0.15, 0.2) is 41.3 Å². The van der Waals surface area contributed by atoms with Gasteiger partial charge in [0.05, 0.1) is 25.4 Å². The van der Waals surface area contributed by atoms with Crippen molar-refractivity contribution in [2.45, 2.75) is 56.8 Å². The highest BCUT2D eigenvalue weighted by Gasteiger charge is 2.49. The quantitative estimate of drug-likeness (QED) is 0.161. The van der Waals surface area contributed by atoms with Gasteiger partial charge in [-0.1, -0.05) is 19.2 Å². The van der Waals surface area contributed by atoms with E-state index in [1.807, 2.05) is 0 Å². The number of aliphatic hydroxyl groups excluding tert-OH is 1. The van der Waals surface area contributed by atoms with Gasteiger partial charge in [0.1, 0.15) is 24.1 Å². The summed E-state index contributed by atoms with van der Waals surface area (Å²) in [7, 11) is 0. The van der Waals surface area contributed by atoms with E-state index in [1.54, 1.807) is 6.92 Å². The molecule has 2 aliphatic heterocycles. The van der Waals surface area contributed by atoms with Gasteiger partial charge >= 0.3 is 6.80 Å². The predicted molar refractivity (Wildman–Crippen MR) is 147 cm³/mol. The fourth-order valence-corrected chi connectivity index (χ4v) is 6.87. The third-order valence-electron chi connectivity index (χ3n) is 7.63. The van der Waals surface area contributed by atoms with E-state index in [0.29, 0.717) is 0 Å². The summed E-state index contributed by atoms with van der Waals surface area (Å²) in [4.78, 5) is 34.5. The maximum atomic E-state index is 16.0. The number of fused-ring (bicyclic) bond motifs is 3. The summed E-state index contributed by atoms with van der Waals surface area (Å²) in [6, 6.07) is 0. The fraction of sp³-hybridized carbons (Fsp3) is 0.545. The van der Waals surface area contributed by atoms with E-state index in [2.05, 4.69) is 42.2 Å². The van der Waals surface area contributed by atoms with Gasteiger partial charge < -0.3 is 21.3 Å². The van der Waals surface area contributed by atoms with E-state index in [0.717, 1.165) is 10.9 Å². The molecule has 2 aliphatic rings. The molecule has 0 amide bonds. The summed E-state index contributed by atoms with van der Waals surface area (Å²) in [5, 5.41) is 11.2. The maximum Gasteiger partial charge on any atom is 0.386 e. The van der Waals surface area contributed by atoms with Crippen LogP contribution < -0.4 is 17.0 Å². The van der Waals surface area contributed by atoms with Crippen LogP contribution in [0.25, 0.3) is 22.3 Å². The number of hydrogen-bond donors (Lipinski definition) is 5. The highest BCUT2D eigenvalue weighted by molar-refractivity contribution is 8.44. The summed E-state index contributed by atoms with van der Waals surface area (Å²) < 4.78 is 64.6. The van der Waals surface area contributed by atoms with Crippen LogP contribution in [0.5, 0.6) is 0 Å². The molecule has 2 fully saturated rings. The molecule has 16 nitrogen and oxygen atoms in total. The summed E-state index contributed by atoms with van der Waals surface area (Å²) in [6.45, 7) is -3.26. The number of nitrogens with two attached hydrogens (primary N) is 2. The largest absolute Gasteiger partial charge is 0.386 e. The lowest BCUT2D eigenvalue weighted by Crippen LogP contribution is -2.38. The zero-order valence-electron chi connectivity index (χ0n) is 21.9. The Kier molecular flexibility index (Phi) is 7.43. The first-order valence-corrected chi connectivity index (χ1v) is 15.6. The average molecular weight is 629 g/mol. The fourth-order valence-electron chi connectivity index (χ4n) is 5.42. The number of rotatable bonds is 3. The number of aliphatic hydroxyl groups is 1. The lowest BCUT2D eigenvalue weighted by molar-refractivity contribution is -0.0704. The maximum absolute atomic E-state index is 16.0. The Balaban J connectivity index is 1.28. The van der Waals surface area contributed by atoms with E-state index < -0.39 is 67.8 Å². The Morgan fingerprint density at radius 3 is 2.69 bits per heavy atom. The van der Waals surface area contributed by atoms with Crippen LogP contribution >= 0.6 is 19.0 Å². The number of aromatic nitrogens is 8. The first-order chi connectivity index (χ1) is 19.9. The SMILES string of the molecule is CC1CC[C@H]2[C@H](F)[C@H](n3cnc4c(N)ncnc43)O[C@@H]2COP(=O)(S)O[C@@H]([C@@H](O)n2cnc3c(=O)[nH]c(N)nc32)[C@@H]1F. The van der Waals surface area contributed by atoms with Gasteiger partial charge in [-0.2, -0.15) is 4.98 Å². The molecule has 4 aromatic heterocycles. The number of hydrogen-bond acceptors (Lipinski definition) is 13. The van der Waals surface area contributed by atoms with Gasteiger partial charge in [-0.25, -0.2) is 33.3 Å². The summed E-state index contributed by atoms with van der Waals surface area (Å²) >= 11 is 4.00. The lowest BCUT2D eigenvalue weighted by atomic mass is 9.87. The molecule has 20 heteroatoms. The highest BCUT2D eigenvalue weighted by atomic mass is 32.7. The molecule has 4 aromatic rings. The smallest absolute Gasteiger partial charge is 0.382 e.